The van der Waals surface area contributed by atoms with Crippen molar-refractivity contribution in [3.8, 4) is 0 Å². The number of hydrogen-bond donors (Lipinski definition) is 0. The van der Waals surface area contributed by atoms with Gasteiger partial charge in [-0.15, -0.1) is 0 Å². The largest absolute Gasteiger partial charge is 0.0651 e. The van der Waals surface area contributed by atoms with Crippen molar-refractivity contribution in [2.75, 3.05) is 0 Å². The minimum absolute atomic E-state index is 0.665. The van der Waals surface area contributed by atoms with Gasteiger partial charge in [0.25, 0.3) is 0 Å². The van der Waals surface area contributed by atoms with Crippen LogP contribution in [0.25, 0.3) is 0 Å². The van der Waals surface area contributed by atoms with Crippen LogP contribution in [0.1, 0.15) is 74.1 Å². The van der Waals surface area contributed by atoms with Crippen molar-refractivity contribution in [1.82, 2.24) is 0 Å². The van der Waals surface area contributed by atoms with Gasteiger partial charge in [0.05, 0.1) is 0 Å². The van der Waals surface area contributed by atoms with E-state index in [0.29, 0.717) is 5.41 Å². The Kier molecular flexibility index (Phi) is 5.10. The van der Waals surface area contributed by atoms with Crippen LogP contribution in [-0.4, -0.2) is 0 Å². The van der Waals surface area contributed by atoms with E-state index in [2.05, 4.69) is 48.5 Å². The molecule has 0 saturated heterocycles. The van der Waals surface area contributed by atoms with Crippen LogP contribution < -0.4 is 0 Å². The van der Waals surface area contributed by atoms with Gasteiger partial charge in [-0.05, 0) is 47.8 Å². The summed E-state index contributed by atoms with van der Waals surface area (Å²) in [6.07, 6.45) is 5.58. The minimum atomic E-state index is 0.665. The Labute approximate surface area is 110 Å². The molecule has 102 valence electrons. The monoisotopic (exact) mass is 238 g/mol. The molecule has 0 amide bonds. The lowest BCUT2D eigenvalue weighted by Crippen LogP contribution is -2.27. The molecule has 0 bridgehead atoms. The molecule has 0 radical (unpaired) electrons. The molecule has 0 aromatic heterocycles. The van der Waals surface area contributed by atoms with Crippen LogP contribution in [-0.2, 0) is 0 Å². The predicted molar refractivity (Wildman–Crippen MR) is 78.1 cm³/mol. The SMILES string of the molecule is CCC(C)CC(C)C(C)C(CC)C1(C)CC1C. The summed E-state index contributed by atoms with van der Waals surface area (Å²) < 4.78 is 0. The first-order valence-electron chi connectivity index (χ1n) is 7.86. The summed E-state index contributed by atoms with van der Waals surface area (Å²) in [5, 5.41) is 0. The lowest BCUT2D eigenvalue weighted by atomic mass is 9.71. The Bertz CT molecular complexity index is 232. The van der Waals surface area contributed by atoms with Crippen LogP contribution in [0.5, 0.6) is 0 Å². The summed E-state index contributed by atoms with van der Waals surface area (Å²) in [7, 11) is 0. The Balaban J connectivity index is 2.57. The molecule has 0 aliphatic heterocycles. The van der Waals surface area contributed by atoms with Crippen molar-refractivity contribution in [2.45, 2.75) is 74.1 Å². The van der Waals surface area contributed by atoms with Crippen LogP contribution in [0.2, 0.25) is 0 Å². The molecule has 17 heavy (non-hydrogen) atoms. The van der Waals surface area contributed by atoms with Gasteiger partial charge in [-0.2, -0.15) is 0 Å². The summed E-state index contributed by atoms with van der Waals surface area (Å²) in [6, 6.07) is 0. The van der Waals surface area contributed by atoms with E-state index in [1.807, 2.05) is 0 Å². The lowest BCUT2D eigenvalue weighted by Gasteiger charge is -2.34. The van der Waals surface area contributed by atoms with Crippen molar-refractivity contribution in [3.05, 3.63) is 0 Å². The van der Waals surface area contributed by atoms with Gasteiger partial charge < -0.3 is 0 Å². The van der Waals surface area contributed by atoms with Crippen molar-refractivity contribution in [3.63, 3.8) is 0 Å². The van der Waals surface area contributed by atoms with Crippen molar-refractivity contribution < 1.29 is 0 Å². The molecule has 0 nitrogen and oxygen atoms in total. The average Bonchev–Trinajstić information content (AvgIpc) is 2.87. The van der Waals surface area contributed by atoms with Crippen LogP contribution in [0.15, 0.2) is 0 Å². The van der Waals surface area contributed by atoms with Crippen LogP contribution in [0.4, 0.5) is 0 Å². The summed E-state index contributed by atoms with van der Waals surface area (Å²) >= 11 is 0. The van der Waals surface area contributed by atoms with Crippen LogP contribution in [0.3, 0.4) is 0 Å². The molecule has 6 atom stereocenters. The fourth-order valence-corrected chi connectivity index (χ4v) is 3.97. The first-order chi connectivity index (χ1) is 7.86. The Morgan fingerprint density at radius 2 is 1.65 bits per heavy atom. The van der Waals surface area contributed by atoms with Crippen LogP contribution >= 0.6 is 0 Å². The third-order valence-electron chi connectivity index (χ3n) is 6.00. The summed E-state index contributed by atoms with van der Waals surface area (Å²) in [4.78, 5) is 0. The zero-order valence-corrected chi connectivity index (χ0v) is 13.2. The molecule has 0 aromatic rings. The summed E-state index contributed by atoms with van der Waals surface area (Å²) in [6.45, 7) is 17.1. The van der Waals surface area contributed by atoms with Gasteiger partial charge in [-0.25, -0.2) is 0 Å². The van der Waals surface area contributed by atoms with Gasteiger partial charge in [0.15, 0.2) is 0 Å². The Morgan fingerprint density at radius 3 is 2.00 bits per heavy atom. The topological polar surface area (TPSA) is 0 Å². The average molecular weight is 238 g/mol. The van der Waals surface area contributed by atoms with E-state index in [9.17, 15) is 0 Å². The maximum atomic E-state index is 2.53. The molecule has 6 unspecified atom stereocenters. The normalized spacial score (nSPS) is 35.1. The second-order valence-corrected chi connectivity index (χ2v) is 7.21. The zero-order valence-electron chi connectivity index (χ0n) is 13.2. The van der Waals surface area contributed by atoms with Crippen LogP contribution in [0, 0.1) is 35.0 Å². The highest BCUT2D eigenvalue weighted by molar-refractivity contribution is 5.02. The van der Waals surface area contributed by atoms with Crippen molar-refractivity contribution in [2.24, 2.45) is 35.0 Å². The molecule has 1 rings (SSSR count). The molecule has 0 aromatic carbocycles. The van der Waals surface area contributed by atoms with Crippen molar-refractivity contribution in [1.29, 1.82) is 0 Å². The molecular weight excluding hydrogens is 204 g/mol. The van der Waals surface area contributed by atoms with Gasteiger partial charge in [0.2, 0.25) is 0 Å². The second-order valence-electron chi connectivity index (χ2n) is 7.21. The van der Waals surface area contributed by atoms with Gasteiger partial charge in [0, 0.05) is 0 Å². The van der Waals surface area contributed by atoms with Gasteiger partial charge in [-0.3, -0.25) is 0 Å². The van der Waals surface area contributed by atoms with E-state index >= 15 is 0 Å². The molecule has 1 fully saturated rings. The summed E-state index contributed by atoms with van der Waals surface area (Å²) in [5.74, 6) is 4.58. The Morgan fingerprint density at radius 1 is 1.12 bits per heavy atom. The molecule has 0 spiro atoms. The molecule has 0 heteroatoms. The standard InChI is InChI=1S/C17H34/c1-8-12(3)10-13(4)15(6)16(9-2)17(7)11-14(17)5/h12-16H,8-11H2,1-7H3. The van der Waals surface area contributed by atoms with Gasteiger partial charge >= 0.3 is 0 Å². The summed E-state index contributed by atoms with van der Waals surface area (Å²) in [5.41, 5.74) is 0.665. The van der Waals surface area contributed by atoms with E-state index < -0.39 is 0 Å². The first kappa shape index (κ1) is 15.1. The van der Waals surface area contributed by atoms with E-state index in [-0.39, 0.29) is 0 Å². The number of hydrogen-bond acceptors (Lipinski definition) is 0. The highest BCUT2D eigenvalue weighted by atomic mass is 14.6. The van der Waals surface area contributed by atoms with E-state index in [0.717, 1.165) is 29.6 Å². The first-order valence-corrected chi connectivity index (χ1v) is 7.86. The quantitative estimate of drug-likeness (QED) is 0.528. The molecule has 1 aliphatic carbocycles. The minimum Gasteiger partial charge on any atom is -0.0651 e. The van der Waals surface area contributed by atoms with E-state index in [1.165, 1.54) is 25.7 Å². The fraction of sp³-hybridized carbons (Fsp3) is 1.00. The maximum Gasteiger partial charge on any atom is -0.0266 e. The molecule has 0 heterocycles. The zero-order chi connectivity index (χ0) is 13.2. The molecule has 0 N–H and O–H groups in total. The van der Waals surface area contributed by atoms with Crippen molar-refractivity contribution >= 4 is 0 Å². The maximum absolute atomic E-state index is 2.53. The highest BCUT2D eigenvalue weighted by Gasteiger charge is 2.53. The third-order valence-corrected chi connectivity index (χ3v) is 6.00. The predicted octanol–water partition coefficient (Wildman–Crippen LogP) is 5.77. The van der Waals surface area contributed by atoms with E-state index in [1.54, 1.807) is 0 Å². The highest BCUT2D eigenvalue weighted by Crippen LogP contribution is 2.61. The lowest BCUT2D eigenvalue weighted by molar-refractivity contribution is 0.147. The van der Waals surface area contributed by atoms with Gasteiger partial charge in [-0.1, -0.05) is 61.3 Å². The molecule has 1 aliphatic rings. The van der Waals surface area contributed by atoms with E-state index in [4.69, 9.17) is 0 Å². The van der Waals surface area contributed by atoms with Gasteiger partial charge in [0.1, 0.15) is 0 Å². The number of rotatable bonds is 7. The Hall–Kier alpha value is 0. The smallest absolute Gasteiger partial charge is 0.0266 e. The molecular formula is C17H34. The fourth-order valence-electron chi connectivity index (χ4n) is 3.97. The third kappa shape index (κ3) is 3.26. The molecule has 1 saturated carbocycles. The second kappa shape index (κ2) is 5.76.